The number of hydrogen-bond donors (Lipinski definition) is 2. The highest BCUT2D eigenvalue weighted by Gasteiger charge is 2.28. The molecule has 0 aliphatic heterocycles. The molecule has 0 aromatic carbocycles. The van der Waals surface area contributed by atoms with Crippen molar-refractivity contribution < 1.29 is 19.4 Å². The van der Waals surface area contributed by atoms with Crippen LogP contribution in [0.2, 0.25) is 0 Å². The molecule has 2 amide bonds. The van der Waals surface area contributed by atoms with Crippen LogP contribution >= 0.6 is 0 Å². The van der Waals surface area contributed by atoms with Crippen molar-refractivity contribution in [2.45, 2.75) is 71.4 Å². The van der Waals surface area contributed by atoms with E-state index >= 15 is 0 Å². The minimum atomic E-state index is -0.757. The summed E-state index contributed by atoms with van der Waals surface area (Å²) in [4.78, 5) is 30.1. The molecule has 1 aliphatic carbocycles. The largest absolute Gasteiger partial charge is 0.489 e. The van der Waals surface area contributed by atoms with Crippen molar-refractivity contribution in [3.05, 3.63) is 23.5 Å². The molecule has 1 fully saturated rings. The first-order valence-corrected chi connectivity index (χ1v) is 12.0. The van der Waals surface area contributed by atoms with E-state index in [-0.39, 0.29) is 24.6 Å². The summed E-state index contributed by atoms with van der Waals surface area (Å²) in [6, 6.07) is 3.54. The van der Waals surface area contributed by atoms with Gasteiger partial charge in [0.2, 0.25) is 0 Å². The number of unbranched alkanes of at least 4 members (excludes halogenated alkanes) is 2. The molecule has 2 atom stereocenters. The highest BCUT2D eigenvalue weighted by atomic mass is 16.5. The minimum absolute atomic E-state index is 0.127. The lowest BCUT2D eigenvalue weighted by Gasteiger charge is -2.27. The van der Waals surface area contributed by atoms with Crippen molar-refractivity contribution in [3.8, 4) is 17.1 Å². The zero-order valence-corrected chi connectivity index (χ0v) is 20.6. The third-order valence-corrected chi connectivity index (χ3v) is 6.34. The third-order valence-electron chi connectivity index (χ3n) is 6.34. The van der Waals surface area contributed by atoms with Crippen molar-refractivity contribution in [1.29, 1.82) is 0 Å². The SMILES string of the molecule is CCCCCN(C)C(=O)NCc1c(-c2ccc(O[C@H]3CCC[C@H](C(=O)O)C3)c(C)n2)nnn1C. The number of nitrogens with zero attached hydrogens (tertiary/aromatic N) is 5. The van der Waals surface area contributed by atoms with Gasteiger partial charge in [-0.2, -0.15) is 0 Å². The number of carbonyl (C=O) groups excluding carboxylic acids is 1. The van der Waals surface area contributed by atoms with E-state index in [2.05, 4.69) is 27.5 Å². The van der Waals surface area contributed by atoms with Crippen molar-refractivity contribution >= 4 is 12.0 Å². The molecule has 2 aromatic heterocycles. The van der Waals surface area contributed by atoms with Crippen LogP contribution in [0.25, 0.3) is 11.4 Å². The number of carbonyl (C=O) groups is 2. The molecule has 34 heavy (non-hydrogen) atoms. The van der Waals surface area contributed by atoms with Crippen molar-refractivity contribution in [3.63, 3.8) is 0 Å². The van der Waals surface area contributed by atoms with Crippen LogP contribution in [0, 0.1) is 12.8 Å². The second kappa shape index (κ2) is 11.8. The van der Waals surface area contributed by atoms with E-state index in [1.807, 2.05) is 19.1 Å². The molecule has 10 heteroatoms. The average Bonchev–Trinajstić information content (AvgIpc) is 3.19. The van der Waals surface area contributed by atoms with Crippen LogP contribution in [0.15, 0.2) is 12.1 Å². The molecule has 0 radical (unpaired) electrons. The van der Waals surface area contributed by atoms with E-state index in [4.69, 9.17) is 4.74 Å². The number of ether oxygens (including phenoxy) is 1. The van der Waals surface area contributed by atoms with Crippen LogP contribution in [0.3, 0.4) is 0 Å². The first-order chi connectivity index (χ1) is 16.3. The van der Waals surface area contributed by atoms with Crippen molar-refractivity contribution in [1.82, 2.24) is 30.2 Å². The number of carboxylic acid groups (broad SMARTS) is 1. The number of urea groups is 1. The Kier molecular flexibility index (Phi) is 8.84. The van der Waals surface area contributed by atoms with Gasteiger partial charge in [0.25, 0.3) is 0 Å². The monoisotopic (exact) mass is 472 g/mol. The summed E-state index contributed by atoms with van der Waals surface area (Å²) < 4.78 is 7.75. The predicted molar refractivity (Wildman–Crippen MR) is 127 cm³/mol. The first-order valence-electron chi connectivity index (χ1n) is 12.0. The number of amides is 2. The van der Waals surface area contributed by atoms with Gasteiger partial charge in [0.05, 0.1) is 35.6 Å². The highest BCUT2D eigenvalue weighted by Crippen LogP contribution is 2.30. The molecule has 0 unspecified atom stereocenters. The number of aromatic nitrogens is 4. The van der Waals surface area contributed by atoms with Gasteiger partial charge in [0.1, 0.15) is 11.4 Å². The summed E-state index contributed by atoms with van der Waals surface area (Å²) in [7, 11) is 3.58. The summed E-state index contributed by atoms with van der Waals surface area (Å²) in [5.41, 5.74) is 2.71. The van der Waals surface area contributed by atoms with E-state index in [1.165, 1.54) is 0 Å². The fourth-order valence-electron chi connectivity index (χ4n) is 4.23. The van der Waals surface area contributed by atoms with E-state index in [1.54, 1.807) is 23.7 Å². The molecule has 1 saturated carbocycles. The zero-order valence-electron chi connectivity index (χ0n) is 20.6. The molecule has 3 rings (SSSR count). The fourth-order valence-corrected chi connectivity index (χ4v) is 4.23. The van der Waals surface area contributed by atoms with Gasteiger partial charge in [-0.3, -0.25) is 4.79 Å². The average molecular weight is 473 g/mol. The van der Waals surface area contributed by atoms with Gasteiger partial charge >= 0.3 is 12.0 Å². The Labute approximate surface area is 200 Å². The minimum Gasteiger partial charge on any atom is -0.489 e. The lowest BCUT2D eigenvalue weighted by Crippen LogP contribution is -2.37. The van der Waals surface area contributed by atoms with E-state index in [0.29, 0.717) is 42.2 Å². The molecule has 0 bridgehead atoms. The summed E-state index contributed by atoms with van der Waals surface area (Å²) in [5.74, 6) is -0.463. The Balaban J connectivity index is 1.66. The molecule has 0 spiro atoms. The van der Waals surface area contributed by atoms with Crippen LogP contribution in [-0.2, 0) is 18.4 Å². The molecule has 0 saturated heterocycles. The summed E-state index contributed by atoms with van der Waals surface area (Å²) in [6.07, 6.45) is 5.95. The zero-order chi connectivity index (χ0) is 24.7. The molecule has 186 valence electrons. The van der Waals surface area contributed by atoms with E-state index in [9.17, 15) is 14.7 Å². The topological polar surface area (TPSA) is 122 Å². The predicted octanol–water partition coefficient (Wildman–Crippen LogP) is 3.54. The van der Waals surface area contributed by atoms with Crippen LogP contribution in [0.5, 0.6) is 5.75 Å². The van der Waals surface area contributed by atoms with Gasteiger partial charge in [-0.25, -0.2) is 14.5 Å². The standard InChI is InChI=1S/C24H36N6O4/c1-5-6-7-13-29(3)24(33)25-15-20-22(27-28-30(20)4)19-11-12-21(16(2)26-19)34-18-10-8-9-17(14-18)23(31)32/h11-12,17-18H,5-10,13-15H2,1-4H3,(H,25,33)(H,31,32)/t17-,18-/m0/s1. The molecule has 2 aromatic rings. The Morgan fingerprint density at radius 1 is 1.29 bits per heavy atom. The van der Waals surface area contributed by atoms with E-state index in [0.717, 1.165) is 37.8 Å². The van der Waals surface area contributed by atoms with Gasteiger partial charge in [0, 0.05) is 20.6 Å². The molecule has 2 N–H and O–H groups in total. The Morgan fingerprint density at radius 2 is 2.09 bits per heavy atom. The highest BCUT2D eigenvalue weighted by molar-refractivity contribution is 5.74. The summed E-state index contributed by atoms with van der Waals surface area (Å²) in [5, 5.41) is 20.6. The quantitative estimate of drug-likeness (QED) is 0.507. The summed E-state index contributed by atoms with van der Waals surface area (Å²) >= 11 is 0. The molecule has 1 aliphatic rings. The van der Waals surface area contributed by atoms with Crippen molar-refractivity contribution in [2.75, 3.05) is 13.6 Å². The van der Waals surface area contributed by atoms with Gasteiger partial charge < -0.3 is 20.1 Å². The number of nitrogens with one attached hydrogen (secondary N) is 1. The smallest absolute Gasteiger partial charge is 0.317 e. The molecular weight excluding hydrogens is 436 g/mol. The van der Waals surface area contributed by atoms with Gasteiger partial charge in [-0.1, -0.05) is 25.0 Å². The number of carboxylic acids is 1. The first kappa shape index (κ1) is 25.5. The normalized spacial score (nSPS) is 17.9. The van der Waals surface area contributed by atoms with Crippen LogP contribution in [0.4, 0.5) is 4.79 Å². The van der Waals surface area contributed by atoms with Crippen LogP contribution in [-0.4, -0.2) is 61.7 Å². The van der Waals surface area contributed by atoms with Crippen LogP contribution < -0.4 is 10.1 Å². The van der Waals surface area contributed by atoms with Crippen molar-refractivity contribution in [2.24, 2.45) is 13.0 Å². The van der Waals surface area contributed by atoms with Gasteiger partial charge in [-0.15, -0.1) is 5.10 Å². The number of aryl methyl sites for hydroxylation is 2. The Bertz CT molecular complexity index is 992. The van der Waals surface area contributed by atoms with E-state index < -0.39 is 5.97 Å². The number of aliphatic carboxylic acids is 1. The molecular formula is C24H36N6O4. The number of hydrogen-bond acceptors (Lipinski definition) is 6. The van der Waals surface area contributed by atoms with Gasteiger partial charge in [-0.05, 0) is 51.2 Å². The maximum atomic E-state index is 12.4. The molecule has 10 nitrogen and oxygen atoms in total. The summed E-state index contributed by atoms with van der Waals surface area (Å²) in [6.45, 7) is 5.00. The van der Waals surface area contributed by atoms with Gasteiger partial charge in [0.15, 0.2) is 0 Å². The maximum absolute atomic E-state index is 12.4. The lowest BCUT2D eigenvalue weighted by molar-refractivity contribution is -0.143. The maximum Gasteiger partial charge on any atom is 0.317 e. The Hall–Kier alpha value is -3.17. The number of pyridine rings is 1. The molecule has 2 heterocycles. The fraction of sp³-hybridized carbons (Fsp3) is 0.625. The lowest BCUT2D eigenvalue weighted by atomic mass is 9.87. The Morgan fingerprint density at radius 3 is 2.79 bits per heavy atom. The third kappa shape index (κ3) is 6.45. The van der Waals surface area contributed by atoms with Crippen LogP contribution in [0.1, 0.15) is 63.3 Å². The second-order valence-electron chi connectivity index (χ2n) is 9.02. The number of rotatable bonds is 10. The second-order valence-corrected chi connectivity index (χ2v) is 9.02.